The fraction of sp³-hybridized carbons (Fsp3) is 0.105. The SMILES string of the molecule is C=CCSc1nnc2c(n1)O[C@@H](c1ccccc1Br)Nc1ccccc1-2. The number of nitrogens with one attached hydrogen (secondary N) is 1. The molecule has 5 nitrogen and oxygen atoms in total. The maximum Gasteiger partial charge on any atom is 0.247 e. The van der Waals surface area contributed by atoms with Crippen molar-refractivity contribution in [2.24, 2.45) is 0 Å². The first-order valence-corrected chi connectivity index (χ1v) is 9.79. The lowest BCUT2D eigenvalue weighted by Crippen LogP contribution is -2.17. The summed E-state index contributed by atoms with van der Waals surface area (Å²) >= 11 is 5.07. The van der Waals surface area contributed by atoms with Gasteiger partial charge in [-0.15, -0.1) is 16.8 Å². The molecule has 0 amide bonds. The van der Waals surface area contributed by atoms with Gasteiger partial charge in [-0.3, -0.25) is 0 Å². The molecule has 4 rings (SSSR count). The molecule has 0 unspecified atom stereocenters. The van der Waals surface area contributed by atoms with Gasteiger partial charge in [-0.1, -0.05) is 70.2 Å². The number of para-hydroxylation sites is 1. The van der Waals surface area contributed by atoms with Gasteiger partial charge in [-0.05, 0) is 12.1 Å². The molecule has 0 saturated heterocycles. The quantitative estimate of drug-likeness (QED) is 0.463. The second kappa shape index (κ2) is 7.47. The molecule has 0 bridgehead atoms. The van der Waals surface area contributed by atoms with Crippen LogP contribution in [-0.4, -0.2) is 20.9 Å². The lowest BCUT2D eigenvalue weighted by atomic mass is 10.1. The minimum absolute atomic E-state index is 0.401. The minimum atomic E-state index is -0.401. The molecule has 0 fully saturated rings. The third kappa shape index (κ3) is 3.32. The highest BCUT2D eigenvalue weighted by Gasteiger charge is 2.26. The van der Waals surface area contributed by atoms with Gasteiger partial charge in [-0.25, -0.2) is 0 Å². The molecule has 1 aromatic heterocycles. The van der Waals surface area contributed by atoms with Crippen molar-refractivity contribution < 1.29 is 4.74 Å². The van der Waals surface area contributed by atoms with Gasteiger partial charge in [0.1, 0.15) is 0 Å². The predicted molar refractivity (Wildman–Crippen MR) is 107 cm³/mol. The molecule has 130 valence electrons. The number of thioether (sulfide) groups is 1. The number of halogens is 1. The number of rotatable bonds is 4. The molecule has 1 aliphatic rings. The standard InChI is InChI=1S/C19H15BrN4OS/c1-2-11-26-19-22-18-16(23-24-19)13-8-4-6-10-15(13)21-17(25-18)12-7-3-5-9-14(12)20/h2-10,17,21H,1,11H2/t17-/m0/s1. The Hall–Kier alpha value is -2.38. The van der Waals surface area contributed by atoms with Crippen molar-refractivity contribution in [3.63, 3.8) is 0 Å². The third-order valence-corrected chi connectivity index (χ3v) is 5.41. The van der Waals surface area contributed by atoms with Crippen molar-refractivity contribution in [1.29, 1.82) is 0 Å². The van der Waals surface area contributed by atoms with E-state index in [4.69, 9.17) is 4.74 Å². The molecule has 0 spiro atoms. The van der Waals surface area contributed by atoms with Crippen LogP contribution in [0.4, 0.5) is 5.69 Å². The fourth-order valence-electron chi connectivity index (χ4n) is 2.67. The summed E-state index contributed by atoms with van der Waals surface area (Å²) in [5.41, 5.74) is 3.45. The molecule has 2 aromatic carbocycles. The molecule has 0 saturated carbocycles. The lowest BCUT2D eigenvalue weighted by Gasteiger charge is -2.20. The number of anilines is 1. The van der Waals surface area contributed by atoms with Crippen molar-refractivity contribution in [1.82, 2.24) is 15.2 Å². The van der Waals surface area contributed by atoms with Crippen LogP contribution in [0.3, 0.4) is 0 Å². The molecule has 3 aromatic rings. The van der Waals surface area contributed by atoms with E-state index in [0.717, 1.165) is 21.3 Å². The highest BCUT2D eigenvalue weighted by atomic mass is 79.9. The number of hydrogen-bond donors (Lipinski definition) is 1. The molecule has 0 radical (unpaired) electrons. The van der Waals surface area contributed by atoms with Crippen molar-refractivity contribution in [3.05, 3.63) is 71.2 Å². The smallest absolute Gasteiger partial charge is 0.247 e. The number of nitrogens with zero attached hydrogens (tertiary/aromatic N) is 3. The summed E-state index contributed by atoms with van der Waals surface area (Å²) in [6, 6.07) is 15.9. The van der Waals surface area contributed by atoms with Crippen LogP contribution in [0.1, 0.15) is 11.8 Å². The first-order chi connectivity index (χ1) is 12.8. The van der Waals surface area contributed by atoms with Crippen LogP contribution in [-0.2, 0) is 0 Å². The van der Waals surface area contributed by atoms with Crippen LogP contribution in [0, 0.1) is 0 Å². The van der Waals surface area contributed by atoms with Crippen LogP contribution >= 0.6 is 27.7 Å². The Labute approximate surface area is 164 Å². The molecule has 0 aliphatic carbocycles. The van der Waals surface area contributed by atoms with E-state index in [2.05, 4.69) is 43.0 Å². The van der Waals surface area contributed by atoms with E-state index < -0.39 is 6.23 Å². The summed E-state index contributed by atoms with van der Waals surface area (Å²) in [6.45, 7) is 3.73. The van der Waals surface area contributed by atoms with E-state index in [9.17, 15) is 0 Å². The van der Waals surface area contributed by atoms with E-state index in [1.165, 1.54) is 11.8 Å². The van der Waals surface area contributed by atoms with Crippen LogP contribution in [0.15, 0.2) is 70.8 Å². The van der Waals surface area contributed by atoms with E-state index in [1.54, 1.807) is 6.08 Å². The number of benzene rings is 2. The molecule has 7 heteroatoms. The molecule has 26 heavy (non-hydrogen) atoms. The van der Waals surface area contributed by atoms with Crippen LogP contribution in [0.5, 0.6) is 5.88 Å². The number of hydrogen-bond acceptors (Lipinski definition) is 6. The monoisotopic (exact) mass is 426 g/mol. The fourth-order valence-corrected chi connectivity index (χ4v) is 3.68. The highest BCUT2D eigenvalue weighted by Crippen LogP contribution is 2.40. The maximum atomic E-state index is 6.23. The number of aromatic nitrogens is 3. The van der Waals surface area contributed by atoms with Gasteiger partial charge in [0.2, 0.25) is 11.0 Å². The Kier molecular flexibility index (Phi) is 4.90. The van der Waals surface area contributed by atoms with Crippen LogP contribution in [0.2, 0.25) is 0 Å². The Morgan fingerprint density at radius 1 is 1.15 bits per heavy atom. The van der Waals surface area contributed by atoms with Crippen LogP contribution in [0.25, 0.3) is 11.3 Å². The topological polar surface area (TPSA) is 59.9 Å². The zero-order chi connectivity index (χ0) is 17.9. The first-order valence-electron chi connectivity index (χ1n) is 8.01. The average Bonchev–Trinajstić information content (AvgIpc) is 2.83. The second-order valence-electron chi connectivity index (χ2n) is 5.56. The Morgan fingerprint density at radius 3 is 2.81 bits per heavy atom. The Morgan fingerprint density at radius 2 is 1.96 bits per heavy atom. The van der Waals surface area contributed by atoms with Gasteiger partial charge in [0.15, 0.2) is 11.9 Å². The number of ether oxygens (including phenoxy) is 1. The lowest BCUT2D eigenvalue weighted by molar-refractivity contribution is 0.224. The van der Waals surface area contributed by atoms with E-state index in [-0.39, 0.29) is 0 Å². The van der Waals surface area contributed by atoms with Crippen molar-refractivity contribution in [3.8, 4) is 17.1 Å². The molecule has 2 heterocycles. The largest absolute Gasteiger partial charge is 0.448 e. The summed E-state index contributed by atoms with van der Waals surface area (Å²) in [5.74, 6) is 1.17. The second-order valence-corrected chi connectivity index (χ2v) is 7.40. The molecule has 1 atom stereocenters. The first kappa shape index (κ1) is 17.1. The maximum absolute atomic E-state index is 6.23. The summed E-state index contributed by atoms with van der Waals surface area (Å²) < 4.78 is 7.19. The van der Waals surface area contributed by atoms with Crippen molar-refractivity contribution in [2.75, 3.05) is 11.1 Å². The van der Waals surface area contributed by atoms with Gasteiger partial charge in [0.05, 0.1) is 0 Å². The molecule has 1 aliphatic heterocycles. The zero-order valence-corrected chi connectivity index (χ0v) is 16.1. The zero-order valence-electron chi connectivity index (χ0n) is 13.7. The van der Waals surface area contributed by atoms with E-state index >= 15 is 0 Å². The van der Waals surface area contributed by atoms with E-state index in [0.29, 0.717) is 22.5 Å². The summed E-state index contributed by atoms with van der Waals surface area (Å²) in [7, 11) is 0. The summed E-state index contributed by atoms with van der Waals surface area (Å²) in [5, 5.41) is 12.6. The number of fused-ring (bicyclic) bond motifs is 3. The third-order valence-electron chi connectivity index (χ3n) is 3.85. The van der Waals surface area contributed by atoms with Crippen LogP contribution < -0.4 is 10.1 Å². The average molecular weight is 427 g/mol. The van der Waals surface area contributed by atoms with Gasteiger partial charge in [0.25, 0.3) is 0 Å². The summed E-state index contributed by atoms with van der Waals surface area (Å²) in [6.07, 6.45) is 1.41. The predicted octanol–water partition coefficient (Wildman–Crippen LogP) is 5.08. The Balaban J connectivity index is 1.82. The van der Waals surface area contributed by atoms with Crippen molar-refractivity contribution >= 4 is 33.4 Å². The molecular formula is C19H15BrN4OS. The van der Waals surface area contributed by atoms with Gasteiger partial charge >= 0.3 is 0 Å². The van der Waals surface area contributed by atoms with Gasteiger partial charge in [0, 0.05) is 27.0 Å². The van der Waals surface area contributed by atoms with Gasteiger partial charge < -0.3 is 10.1 Å². The Bertz CT molecular complexity index is 966. The van der Waals surface area contributed by atoms with Gasteiger partial charge in [-0.2, -0.15) is 4.98 Å². The van der Waals surface area contributed by atoms with Crippen molar-refractivity contribution in [2.45, 2.75) is 11.4 Å². The van der Waals surface area contributed by atoms with E-state index in [1.807, 2.05) is 48.5 Å². The summed E-state index contributed by atoms with van der Waals surface area (Å²) in [4.78, 5) is 4.58. The normalized spacial score (nSPS) is 15.0. The minimum Gasteiger partial charge on any atom is -0.448 e. The molecular weight excluding hydrogens is 412 g/mol. The molecule has 1 N–H and O–H groups in total. The highest BCUT2D eigenvalue weighted by molar-refractivity contribution is 9.10.